The van der Waals surface area contributed by atoms with Gasteiger partial charge in [0.15, 0.2) is 0 Å². The highest BCUT2D eigenvalue weighted by Gasteiger charge is 2.18. The van der Waals surface area contributed by atoms with Crippen LogP contribution < -0.4 is 15.2 Å². The van der Waals surface area contributed by atoms with Gasteiger partial charge in [-0.05, 0) is 48.4 Å². The topological polar surface area (TPSA) is 44.5 Å². The molecule has 1 atom stereocenters. The van der Waals surface area contributed by atoms with E-state index in [1.165, 1.54) is 12.1 Å². The Bertz CT molecular complexity index is 647. The second-order valence-corrected chi connectivity index (χ2v) is 4.98. The Hall–Kier alpha value is -2.14. The Balaban J connectivity index is 2.33. The zero-order chi connectivity index (χ0) is 16.1. The van der Waals surface area contributed by atoms with Crippen LogP contribution in [0.5, 0.6) is 11.5 Å². The molecule has 2 aromatic carbocycles. The average molecular weight is 307 g/mol. The molecule has 0 amide bonds. The van der Waals surface area contributed by atoms with Gasteiger partial charge in [-0.15, -0.1) is 0 Å². The molecular formula is C17H19F2NO2. The standard InChI is InChI=1S/C17H19F2NO2/c1-21-14-4-6-17(22-2)11(8-14)7-12(10-20)15-5-3-13(18)9-16(15)19/h3-6,8-9,12H,7,10,20H2,1-2H3. The lowest BCUT2D eigenvalue weighted by molar-refractivity contribution is 0.397. The van der Waals surface area contributed by atoms with Gasteiger partial charge in [-0.3, -0.25) is 0 Å². The van der Waals surface area contributed by atoms with Gasteiger partial charge in [0.2, 0.25) is 0 Å². The number of benzene rings is 2. The Labute approximate surface area is 128 Å². The molecule has 0 fully saturated rings. The molecule has 0 aromatic heterocycles. The Kier molecular flexibility index (Phi) is 5.33. The summed E-state index contributed by atoms with van der Waals surface area (Å²) in [5, 5.41) is 0. The van der Waals surface area contributed by atoms with Crippen molar-refractivity contribution in [2.75, 3.05) is 20.8 Å². The highest BCUT2D eigenvalue weighted by Crippen LogP contribution is 2.30. The van der Waals surface area contributed by atoms with Crippen LogP contribution in [0, 0.1) is 11.6 Å². The van der Waals surface area contributed by atoms with Crippen molar-refractivity contribution in [1.29, 1.82) is 0 Å². The first-order valence-corrected chi connectivity index (χ1v) is 6.95. The summed E-state index contributed by atoms with van der Waals surface area (Å²) in [6.45, 7) is 0.239. The number of ether oxygens (including phenoxy) is 2. The molecule has 0 aliphatic rings. The van der Waals surface area contributed by atoms with E-state index in [0.29, 0.717) is 23.5 Å². The van der Waals surface area contributed by atoms with E-state index in [4.69, 9.17) is 15.2 Å². The van der Waals surface area contributed by atoms with Crippen LogP contribution in [0.1, 0.15) is 17.0 Å². The summed E-state index contributed by atoms with van der Waals surface area (Å²) in [4.78, 5) is 0. The Morgan fingerprint density at radius 3 is 2.41 bits per heavy atom. The van der Waals surface area contributed by atoms with Crippen molar-refractivity contribution in [2.45, 2.75) is 12.3 Å². The van der Waals surface area contributed by atoms with Crippen molar-refractivity contribution >= 4 is 0 Å². The molecule has 5 heteroatoms. The summed E-state index contributed by atoms with van der Waals surface area (Å²) in [7, 11) is 3.15. The molecular weight excluding hydrogens is 288 g/mol. The summed E-state index contributed by atoms with van der Waals surface area (Å²) < 4.78 is 37.5. The first-order chi connectivity index (χ1) is 10.6. The zero-order valence-corrected chi connectivity index (χ0v) is 12.6. The molecule has 2 aromatic rings. The van der Waals surface area contributed by atoms with E-state index < -0.39 is 11.6 Å². The second-order valence-electron chi connectivity index (χ2n) is 4.98. The molecule has 0 saturated carbocycles. The number of hydrogen-bond acceptors (Lipinski definition) is 3. The van der Waals surface area contributed by atoms with Gasteiger partial charge in [0, 0.05) is 12.0 Å². The predicted octanol–water partition coefficient (Wildman–Crippen LogP) is 3.27. The fraction of sp³-hybridized carbons (Fsp3) is 0.294. The van der Waals surface area contributed by atoms with E-state index in [1.54, 1.807) is 26.4 Å². The normalized spacial score (nSPS) is 12.0. The predicted molar refractivity (Wildman–Crippen MR) is 81.4 cm³/mol. The van der Waals surface area contributed by atoms with Crippen LogP contribution in [-0.4, -0.2) is 20.8 Å². The zero-order valence-electron chi connectivity index (χ0n) is 12.6. The number of methoxy groups -OCH3 is 2. The van der Waals surface area contributed by atoms with E-state index in [1.807, 2.05) is 6.07 Å². The minimum absolute atomic E-state index is 0.239. The van der Waals surface area contributed by atoms with Gasteiger partial charge in [0.05, 0.1) is 14.2 Å². The number of rotatable bonds is 6. The van der Waals surface area contributed by atoms with Crippen LogP contribution in [0.3, 0.4) is 0 Å². The van der Waals surface area contributed by atoms with Crippen molar-refractivity contribution in [3.8, 4) is 11.5 Å². The lowest BCUT2D eigenvalue weighted by Gasteiger charge is -2.18. The van der Waals surface area contributed by atoms with Crippen LogP contribution in [0.2, 0.25) is 0 Å². The molecule has 0 heterocycles. The maximum Gasteiger partial charge on any atom is 0.129 e. The van der Waals surface area contributed by atoms with Crippen molar-refractivity contribution < 1.29 is 18.3 Å². The van der Waals surface area contributed by atoms with Gasteiger partial charge in [0.1, 0.15) is 23.1 Å². The average Bonchev–Trinajstić information content (AvgIpc) is 2.53. The quantitative estimate of drug-likeness (QED) is 0.891. The summed E-state index contributed by atoms with van der Waals surface area (Å²) in [5.41, 5.74) is 7.05. The first-order valence-electron chi connectivity index (χ1n) is 6.95. The Morgan fingerprint density at radius 1 is 1.05 bits per heavy atom. The molecule has 2 rings (SSSR count). The molecule has 0 aliphatic heterocycles. The van der Waals surface area contributed by atoms with Gasteiger partial charge in [-0.25, -0.2) is 8.78 Å². The van der Waals surface area contributed by atoms with E-state index in [-0.39, 0.29) is 12.5 Å². The van der Waals surface area contributed by atoms with Crippen molar-refractivity contribution in [3.63, 3.8) is 0 Å². The fourth-order valence-corrected chi connectivity index (χ4v) is 2.46. The third kappa shape index (κ3) is 3.54. The second kappa shape index (κ2) is 7.22. The smallest absolute Gasteiger partial charge is 0.129 e. The van der Waals surface area contributed by atoms with Crippen LogP contribution in [0.15, 0.2) is 36.4 Å². The third-order valence-electron chi connectivity index (χ3n) is 3.64. The highest BCUT2D eigenvalue weighted by atomic mass is 19.1. The van der Waals surface area contributed by atoms with Crippen molar-refractivity contribution in [3.05, 3.63) is 59.2 Å². The Morgan fingerprint density at radius 2 is 1.82 bits per heavy atom. The number of halogens is 2. The molecule has 1 unspecified atom stereocenters. The van der Waals surface area contributed by atoms with Gasteiger partial charge in [-0.1, -0.05) is 6.07 Å². The summed E-state index contributed by atoms with van der Waals surface area (Å²) in [6.07, 6.45) is 0.472. The molecule has 0 bridgehead atoms. The maximum absolute atomic E-state index is 14.0. The molecule has 2 N–H and O–H groups in total. The molecule has 22 heavy (non-hydrogen) atoms. The minimum atomic E-state index is -0.601. The minimum Gasteiger partial charge on any atom is -0.497 e. The number of nitrogens with two attached hydrogens (primary N) is 1. The third-order valence-corrected chi connectivity index (χ3v) is 3.64. The van der Waals surface area contributed by atoms with Crippen molar-refractivity contribution in [2.24, 2.45) is 5.73 Å². The maximum atomic E-state index is 14.0. The molecule has 118 valence electrons. The molecule has 0 saturated heterocycles. The lowest BCUT2D eigenvalue weighted by Crippen LogP contribution is -2.17. The van der Waals surface area contributed by atoms with Gasteiger partial charge < -0.3 is 15.2 Å². The first kappa shape index (κ1) is 16.2. The van der Waals surface area contributed by atoms with E-state index in [2.05, 4.69) is 0 Å². The van der Waals surface area contributed by atoms with Crippen molar-refractivity contribution in [1.82, 2.24) is 0 Å². The SMILES string of the molecule is COc1ccc(OC)c(CC(CN)c2ccc(F)cc2F)c1. The lowest BCUT2D eigenvalue weighted by atomic mass is 9.91. The fourth-order valence-electron chi connectivity index (χ4n) is 2.46. The van der Waals surface area contributed by atoms with E-state index in [9.17, 15) is 8.78 Å². The van der Waals surface area contributed by atoms with E-state index in [0.717, 1.165) is 11.6 Å². The summed E-state index contributed by atoms with van der Waals surface area (Å²) in [5.74, 6) is -0.0946. The molecule has 0 spiro atoms. The highest BCUT2D eigenvalue weighted by molar-refractivity contribution is 5.41. The van der Waals surface area contributed by atoms with Gasteiger partial charge in [0.25, 0.3) is 0 Å². The van der Waals surface area contributed by atoms with Crippen LogP contribution in [0.4, 0.5) is 8.78 Å². The van der Waals surface area contributed by atoms with Crippen LogP contribution >= 0.6 is 0 Å². The van der Waals surface area contributed by atoms with E-state index >= 15 is 0 Å². The molecule has 0 radical (unpaired) electrons. The molecule has 0 aliphatic carbocycles. The summed E-state index contributed by atoms with van der Waals surface area (Å²) in [6, 6.07) is 8.98. The largest absolute Gasteiger partial charge is 0.497 e. The monoisotopic (exact) mass is 307 g/mol. The number of hydrogen-bond donors (Lipinski definition) is 1. The van der Waals surface area contributed by atoms with Crippen LogP contribution in [-0.2, 0) is 6.42 Å². The summed E-state index contributed by atoms with van der Waals surface area (Å²) >= 11 is 0. The van der Waals surface area contributed by atoms with Crippen LogP contribution in [0.25, 0.3) is 0 Å². The van der Waals surface area contributed by atoms with Gasteiger partial charge in [-0.2, -0.15) is 0 Å². The molecule has 3 nitrogen and oxygen atoms in total. The van der Waals surface area contributed by atoms with Gasteiger partial charge >= 0.3 is 0 Å².